The second-order valence-corrected chi connectivity index (χ2v) is 5.43. The number of rotatable bonds is 4. The Balaban J connectivity index is 1.80. The van der Waals surface area contributed by atoms with Crippen LogP contribution in [0.4, 0.5) is 4.39 Å². The van der Waals surface area contributed by atoms with E-state index in [4.69, 9.17) is 11.2 Å². The zero-order chi connectivity index (χ0) is 16.2. The van der Waals surface area contributed by atoms with Crippen LogP contribution in [0, 0.1) is 18.2 Å². The van der Waals surface area contributed by atoms with E-state index < -0.39 is 0 Å². The minimum absolute atomic E-state index is 0.0720. The molecule has 0 saturated carbocycles. The van der Waals surface area contributed by atoms with Crippen molar-refractivity contribution in [3.8, 4) is 18.1 Å². The maximum Gasteiger partial charge on any atom is 0.234 e. The lowest BCUT2D eigenvalue weighted by molar-refractivity contribution is -0.133. The summed E-state index contributed by atoms with van der Waals surface area (Å²) in [5.41, 5.74) is 1.72. The van der Waals surface area contributed by atoms with Crippen LogP contribution in [0.15, 0.2) is 48.5 Å². The molecule has 0 spiro atoms. The summed E-state index contributed by atoms with van der Waals surface area (Å²) < 4.78 is 18.6. The average molecular weight is 309 g/mol. The Kier molecular flexibility index (Phi) is 4.29. The SMILES string of the molecule is C#CCN(Cc1ccc(F)cc1)C(=O)C1COc2ccccc21. The van der Waals surface area contributed by atoms with E-state index in [-0.39, 0.29) is 24.2 Å². The highest BCUT2D eigenvalue weighted by Crippen LogP contribution is 2.34. The summed E-state index contributed by atoms with van der Waals surface area (Å²) in [6, 6.07) is 13.6. The number of halogens is 1. The van der Waals surface area contributed by atoms with Crippen LogP contribution in [0.3, 0.4) is 0 Å². The second-order valence-electron chi connectivity index (χ2n) is 5.43. The van der Waals surface area contributed by atoms with Gasteiger partial charge in [-0.3, -0.25) is 4.79 Å². The largest absolute Gasteiger partial charge is 0.492 e. The van der Waals surface area contributed by atoms with Crippen LogP contribution in [0.5, 0.6) is 5.75 Å². The number of nitrogens with zero attached hydrogens (tertiary/aromatic N) is 1. The molecule has 0 saturated heterocycles. The molecule has 1 unspecified atom stereocenters. The van der Waals surface area contributed by atoms with Gasteiger partial charge in [0.05, 0.1) is 6.54 Å². The molecule has 2 aromatic rings. The van der Waals surface area contributed by atoms with E-state index in [0.717, 1.165) is 16.9 Å². The van der Waals surface area contributed by atoms with Crippen LogP contribution in [0.2, 0.25) is 0 Å². The van der Waals surface area contributed by atoms with Crippen LogP contribution in [-0.4, -0.2) is 24.0 Å². The monoisotopic (exact) mass is 309 g/mol. The van der Waals surface area contributed by atoms with E-state index in [1.165, 1.54) is 12.1 Å². The van der Waals surface area contributed by atoms with E-state index in [1.54, 1.807) is 17.0 Å². The zero-order valence-electron chi connectivity index (χ0n) is 12.5. The number of benzene rings is 2. The van der Waals surface area contributed by atoms with Gasteiger partial charge in [-0.05, 0) is 23.8 Å². The van der Waals surface area contributed by atoms with Crippen molar-refractivity contribution in [3.63, 3.8) is 0 Å². The smallest absolute Gasteiger partial charge is 0.234 e. The Morgan fingerprint density at radius 2 is 2.00 bits per heavy atom. The molecule has 0 radical (unpaired) electrons. The molecule has 3 rings (SSSR count). The lowest BCUT2D eigenvalue weighted by Crippen LogP contribution is -2.35. The number of carbonyl (C=O) groups excluding carboxylic acids is 1. The topological polar surface area (TPSA) is 29.5 Å². The third-order valence-corrected chi connectivity index (χ3v) is 3.88. The molecule has 1 aliphatic heterocycles. The number of terminal acetylenes is 1. The summed E-state index contributed by atoms with van der Waals surface area (Å²) in [5, 5.41) is 0. The van der Waals surface area contributed by atoms with Crippen molar-refractivity contribution in [1.82, 2.24) is 4.90 Å². The summed E-state index contributed by atoms with van der Waals surface area (Å²) in [4.78, 5) is 14.4. The molecular formula is C19H16FNO2. The Morgan fingerprint density at radius 3 is 2.74 bits per heavy atom. The van der Waals surface area contributed by atoms with Crippen LogP contribution in [0.1, 0.15) is 17.0 Å². The van der Waals surface area contributed by atoms with Crippen LogP contribution < -0.4 is 4.74 Å². The fourth-order valence-corrected chi connectivity index (χ4v) is 2.72. The van der Waals surface area contributed by atoms with E-state index >= 15 is 0 Å². The van der Waals surface area contributed by atoms with Gasteiger partial charge in [-0.2, -0.15) is 0 Å². The first-order valence-electron chi connectivity index (χ1n) is 7.37. The Hall–Kier alpha value is -2.80. The second kappa shape index (κ2) is 6.53. The highest BCUT2D eigenvalue weighted by molar-refractivity contribution is 5.85. The molecule has 2 aromatic carbocycles. The summed E-state index contributed by atoms with van der Waals surface area (Å²) in [7, 11) is 0. The van der Waals surface area contributed by atoms with Crippen LogP contribution >= 0.6 is 0 Å². The maximum atomic E-state index is 13.0. The summed E-state index contributed by atoms with van der Waals surface area (Å²) >= 11 is 0. The van der Waals surface area contributed by atoms with Crippen molar-refractivity contribution in [1.29, 1.82) is 0 Å². The van der Waals surface area contributed by atoms with Crippen molar-refractivity contribution in [2.75, 3.05) is 13.2 Å². The molecule has 0 bridgehead atoms. The lowest BCUT2D eigenvalue weighted by Gasteiger charge is -2.23. The molecule has 23 heavy (non-hydrogen) atoms. The van der Waals surface area contributed by atoms with E-state index in [2.05, 4.69) is 5.92 Å². The Labute approximate surface area is 134 Å². The maximum absolute atomic E-state index is 13.0. The number of fused-ring (bicyclic) bond motifs is 1. The van der Waals surface area contributed by atoms with Crippen molar-refractivity contribution in [2.45, 2.75) is 12.5 Å². The van der Waals surface area contributed by atoms with Gasteiger partial charge in [0.15, 0.2) is 0 Å². The van der Waals surface area contributed by atoms with Gasteiger partial charge in [0.2, 0.25) is 5.91 Å². The molecule has 116 valence electrons. The van der Waals surface area contributed by atoms with Crippen molar-refractivity contribution in [3.05, 3.63) is 65.5 Å². The number of hydrogen-bond acceptors (Lipinski definition) is 2. The minimum atomic E-state index is -0.347. The molecule has 3 nitrogen and oxygen atoms in total. The van der Waals surface area contributed by atoms with Crippen molar-refractivity contribution in [2.24, 2.45) is 0 Å². The molecule has 0 aromatic heterocycles. The molecule has 0 fully saturated rings. The van der Waals surface area contributed by atoms with Gasteiger partial charge in [0.25, 0.3) is 0 Å². The van der Waals surface area contributed by atoms with Gasteiger partial charge in [-0.1, -0.05) is 36.3 Å². The summed E-state index contributed by atoms with van der Waals surface area (Å²) in [6.07, 6.45) is 5.40. The molecular weight excluding hydrogens is 293 g/mol. The summed E-state index contributed by atoms with van der Waals surface area (Å²) in [5.74, 6) is 2.54. The normalized spacial score (nSPS) is 15.4. The number of amides is 1. The number of para-hydroxylation sites is 1. The standard InChI is InChI=1S/C19H16FNO2/c1-2-11-21(12-14-7-9-15(20)10-8-14)19(22)17-13-23-18-6-4-3-5-16(17)18/h1,3-10,17H,11-13H2. The van der Waals surface area contributed by atoms with Gasteiger partial charge in [-0.25, -0.2) is 4.39 Å². The fraction of sp³-hybridized carbons (Fsp3) is 0.211. The number of carbonyl (C=O) groups is 1. The van der Waals surface area contributed by atoms with Crippen LogP contribution in [0.25, 0.3) is 0 Å². The van der Waals surface area contributed by atoms with Crippen molar-refractivity contribution < 1.29 is 13.9 Å². The first-order chi connectivity index (χ1) is 11.2. The molecule has 1 amide bonds. The summed E-state index contributed by atoms with van der Waals surface area (Å²) in [6.45, 7) is 0.875. The predicted molar refractivity (Wildman–Crippen MR) is 85.3 cm³/mol. The first kappa shape index (κ1) is 15.1. The molecule has 0 aliphatic carbocycles. The van der Waals surface area contributed by atoms with Gasteiger partial charge in [0.1, 0.15) is 24.1 Å². The molecule has 1 heterocycles. The Morgan fingerprint density at radius 1 is 1.26 bits per heavy atom. The third kappa shape index (κ3) is 3.19. The van der Waals surface area contributed by atoms with Gasteiger partial charge < -0.3 is 9.64 Å². The molecule has 0 N–H and O–H groups in total. The highest BCUT2D eigenvalue weighted by atomic mass is 19.1. The van der Waals surface area contributed by atoms with Gasteiger partial charge in [-0.15, -0.1) is 6.42 Å². The molecule has 1 atom stereocenters. The Bertz CT molecular complexity index is 749. The van der Waals surface area contributed by atoms with Gasteiger partial charge in [0, 0.05) is 12.1 Å². The molecule has 4 heteroatoms. The third-order valence-electron chi connectivity index (χ3n) is 3.88. The fourth-order valence-electron chi connectivity index (χ4n) is 2.72. The zero-order valence-corrected chi connectivity index (χ0v) is 12.5. The van der Waals surface area contributed by atoms with Crippen molar-refractivity contribution >= 4 is 5.91 Å². The van der Waals surface area contributed by atoms with Gasteiger partial charge >= 0.3 is 0 Å². The van der Waals surface area contributed by atoms with Crippen LogP contribution in [-0.2, 0) is 11.3 Å². The first-order valence-corrected chi connectivity index (χ1v) is 7.37. The van der Waals surface area contributed by atoms with E-state index in [0.29, 0.717) is 13.2 Å². The predicted octanol–water partition coefficient (Wildman–Crippen LogP) is 2.96. The lowest BCUT2D eigenvalue weighted by atomic mass is 9.99. The number of ether oxygens (including phenoxy) is 1. The number of hydrogen-bond donors (Lipinski definition) is 0. The molecule has 1 aliphatic rings. The van der Waals surface area contributed by atoms with E-state index in [1.807, 2.05) is 24.3 Å². The quantitative estimate of drug-likeness (QED) is 0.813. The average Bonchev–Trinajstić information content (AvgIpc) is 3.00. The minimum Gasteiger partial charge on any atom is -0.492 e. The van der Waals surface area contributed by atoms with E-state index in [9.17, 15) is 9.18 Å². The highest BCUT2D eigenvalue weighted by Gasteiger charge is 2.33.